The number of aryl methyl sites for hydroxylation is 1. The third-order valence-electron chi connectivity index (χ3n) is 1.20. The zero-order valence-electron chi connectivity index (χ0n) is 7.11. The number of ether oxygens (including phenoxy) is 1. The van der Waals surface area contributed by atoms with Gasteiger partial charge in [0.05, 0.1) is 5.69 Å². The summed E-state index contributed by atoms with van der Waals surface area (Å²) in [6.07, 6.45) is 0.978. The van der Waals surface area contributed by atoms with Gasteiger partial charge in [0.15, 0.2) is 0 Å². The summed E-state index contributed by atoms with van der Waals surface area (Å²) in [4.78, 5) is 11.0. The van der Waals surface area contributed by atoms with Crippen molar-refractivity contribution in [2.75, 3.05) is 11.9 Å². The lowest BCUT2D eigenvalue weighted by Gasteiger charge is -2.01. The molecule has 0 saturated carbocycles. The monoisotopic (exact) mass is 199 g/mol. The Morgan fingerprint density at radius 3 is 3.15 bits per heavy atom. The van der Waals surface area contributed by atoms with Crippen LogP contribution in [0.15, 0.2) is 12.7 Å². The van der Waals surface area contributed by atoms with Crippen LogP contribution in [0.3, 0.4) is 0 Å². The molecule has 1 amide bonds. The molecule has 0 unspecified atom stereocenters. The molecular formula is C7H9N3O2S. The van der Waals surface area contributed by atoms with Gasteiger partial charge in [0.1, 0.15) is 11.6 Å². The van der Waals surface area contributed by atoms with Gasteiger partial charge in [-0.25, -0.2) is 4.79 Å². The van der Waals surface area contributed by atoms with Crippen molar-refractivity contribution in [3.63, 3.8) is 0 Å². The Morgan fingerprint density at radius 2 is 2.62 bits per heavy atom. The number of carbonyl (C=O) groups is 1. The molecule has 0 spiro atoms. The Balaban J connectivity index is 2.45. The van der Waals surface area contributed by atoms with Gasteiger partial charge >= 0.3 is 6.09 Å². The molecule has 0 fully saturated rings. The van der Waals surface area contributed by atoms with Crippen molar-refractivity contribution in [1.29, 1.82) is 0 Å². The third-order valence-corrected chi connectivity index (χ3v) is 1.94. The van der Waals surface area contributed by atoms with E-state index in [1.165, 1.54) is 6.08 Å². The van der Waals surface area contributed by atoms with Gasteiger partial charge < -0.3 is 4.74 Å². The van der Waals surface area contributed by atoms with Crippen LogP contribution in [0.2, 0.25) is 0 Å². The predicted octanol–water partition coefficient (Wildman–Crippen LogP) is 1.58. The average Bonchev–Trinajstić information content (AvgIpc) is 2.48. The maximum Gasteiger partial charge on any atom is 0.412 e. The molecule has 70 valence electrons. The molecular weight excluding hydrogens is 190 g/mol. The predicted molar refractivity (Wildman–Crippen MR) is 49.8 cm³/mol. The van der Waals surface area contributed by atoms with Gasteiger partial charge in [-0.1, -0.05) is 17.1 Å². The Bertz CT molecular complexity index is 310. The van der Waals surface area contributed by atoms with Crippen LogP contribution in [0.5, 0.6) is 0 Å². The van der Waals surface area contributed by atoms with E-state index in [0.29, 0.717) is 10.7 Å². The summed E-state index contributed by atoms with van der Waals surface area (Å²) in [7, 11) is 0. The van der Waals surface area contributed by atoms with Crippen molar-refractivity contribution in [3.8, 4) is 0 Å². The van der Waals surface area contributed by atoms with E-state index in [2.05, 4.69) is 21.5 Å². The lowest BCUT2D eigenvalue weighted by molar-refractivity contribution is 0.174. The molecule has 1 aromatic heterocycles. The first-order valence-electron chi connectivity index (χ1n) is 3.57. The van der Waals surface area contributed by atoms with E-state index in [9.17, 15) is 4.79 Å². The van der Waals surface area contributed by atoms with Crippen LogP contribution in [0.4, 0.5) is 9.80 Å². The van der Waals surface area contributed by atoms with Gasteiger partial charge in [0, 0.05) is 11.5 Å². The van der Waals surface area contributed by atoms with Gasteiger partial charge in [-0.2, -0.15) is 0 Å². The molecule has 0 aliphatic heterocycles. The van der Waals surface area contributed by atoms with E-state index in [1.807, 2.05) is 0 Å². The SMILES string of the molecule is C=CCOC(=O)Nc1snnc1C. The normalized spacial score (nSPS) is 9.31. The van der Waals surface area contributed by atoms with E-state index in [-0.39, 0.29) is 6.61 Å². The number of hydrogen-bond acceptors (Lipinski definition) is 5. The van der Waals surface area contributed by atoms with Crippen LogP contribution < -0.4 is 5.32 Å². The molecule has 0 aliphatic carbocycles. The zero-order chi connectivity index (χ0) is 9.68. The van der Waals surface area contributed by atoms with Crippen molar-refractivity contribution >= 4 is 22.6 Å². The van der Waals surface area contributed by atoms with Gasteiger partial charge in [-0.3, -0.25) is 5.32 Å². The molecule has 0 radical (unpaired) electrons. The summed E-state index contributed by atoms with van der Waals surface area (Å²) >= 11 is 1.11. The minimum Gasteiger partial charge on any atom is -0.445 e. The van der Waals surface area contributed by atoms with Gasteiger partial charge in [-0.05, 0) is 6.92 Å². The van der Waals surface area contributed by atoms with Crippen molar-refractivity contribution in [3.05, 3.63) is 18.3 Å². The van der Waals surface area contributed by atoms with E-state index >= 15 is 0 Å². The van der Waals surface area contributed by atoms with Crippen molar-refractivity contribution < 1.29 is 9.53 Å². The highest BCUT2D eigenvalue weighted by Crippen LogP contribution is 2.15. The minimum atomic E-state index is -0.519. The fourth-order valence-corrected chi connectivity index (χ4v) is 1.16. The largest absolute Gasteiger partial charge is 0.445 e. The van der Waals surface area contributed by atoms with Crippen LogP contribution in [0, 0.1) is 6.92 Å². The summed E-state index contributed by atoms with van der Waals surface area (Å²) in [5.41, 5.74) is 0.681. The summed E-state index contributed by atoms with van der Waals surface area (Å²) in [5.74, 6) is 0. The molecule has 1 N–H and O–H groups in total. The van der Waals surface area contributed by atoms with E-state index in [4.69, 9.17) is 4.74 Å². The first kappa shape index (κ1) is 9.66. The summed E-state index contributed by atoms with van der Waals surface area (Å²) in [5, 5.41) is 6.84. The molecule has 1 heterocycles. The third kappa shape index (κ3) is 2.83. The summed E-state index contributed by atoms with van der Waals surface area (Å²) < 4.78 is 8.36. The van der Waals surface area contributed by atoms with Crippen molar-refractivity contribution in [2.45, 2.75) is 6.92 Å². The standard InChI is InChI=1S/C7H9N3O2S/c1-3-4-12-7(11)8-6-5(2)9-10-13-6/h3H,1,4H2,2H3,(H,8,11). The fourth-order valence-electron chi connectivity index (χ4n) is 0.611. The number of aromatic nitrogens is 2. The number of nitrogens with zero attached hydrogens (tertiary/aromatic N) is 2. The van der Waals surface area contributed by atoms with Gasteiger partial charge in [-0.15, -0.1) is 5.10 Å². The maximum atomic E-state index is 11.0. The number of carbonyl (C=O) groups excluding carboxylic acids is 1. The molecule has 1 aromatic rings. The maximum absolute atomic E-state index is 11.0. The quantitative estimate of drug-likeness (QED) is 0.750. The molecule has 0 bridgehead atoms. The molecule has 0 atom stereocenters. The highest BCUT2D eigenvalue weighted by molar-refractivity contribution is 7.10. The first-order valence-corrected chi connectivity index (χ1v) is 4.35. The van der Waals surface area contributed by atoms with Crippen LogP contribution in [-0.4, -0.2) is 22.3 Å². The number of hydrogen-bond donors (Lipinski definition) is 1. The Labute approximate surface area is 79.6 Å². The van der Waals surface area contributed by atoms with Gasteiger partial charge in [0.25, 0.3) is 0 Å². The van der Waals surface area contributed by atoms with E-state index in [0.717, 1.165) is 11.5 Å². The molecule has 1 rings (SSSR count). The van der Waals surface area contributed by atoms with Crippen LogP contribution in [0.25, 0.3) is 0 Å². The lowest BCUT2D eigenvalue weighted by Crippen LogP contribution is -2.13. The molecule has 0 aromatic carbocycles. The second kappa shape index (κ2) is 4.56. The smallest absolute Gasteiger partial charge is 0.412 e. The lowest BCUT2D eigenvalue weighted by atomic mass is 10.5. The summed E-state index contributed by atoms with van der Waals surface area (Å²) in [6.45, 7) is 5.37. The Hall–Kier alpha value is -1.43. The topological polar surface area (TPSA) is 64.1 Å². The Morgan fingerprint density at radius 1 is 1.85 bits per heavy atom. The highest BCUT2D eigenvalue weighted by Gasteiger charge is 2.07. The first-order chi connectivity index (χ1) is 6.24. The summed E-state index contributed by atoms with van der Waals surface area (Å²) in [6, 6.07) is 0. The Kier molecular flexibility index (Phi) is 3.39. The van der Waals surface area contributed by atoms with E-state index < -0.39 is 6.09 Å². The number of nitrogens with one attached hydrogen (secondary N) is 1. The van der Waals surface area contributed by atoms with Crippen LogP contribution in [0.1, 0.15) is 5.69 Å². The van der Waals surface area contributed by atoms with Crippen LogP contribution >= 0.6 is 11.5 Å². The van der Waals surface area contributed by atoms with Crippen molar-refractivity contribution in [1.82, 2.24) is 9.59 Å². The van der Waals surface area contributed by atoms with Crippen LogP contribution in [-0.2, 0) is 4.74 Å². The van der Waals surface area contributed by atoms with Crippen molar-refractivity contribution in [2.24, 2.45) is 0 Å². The molecule has 6 heteroatoms. The van der Waals surface area contributed by atoms with Gasteiger partial charge in [0.2, 0.25) is 0 Å². The van der Waals surface area contributed by atoms with E-state index in [1.54, 1.807) is 6.92 Å². The molecule has 13 heavy (non-hydrogen) atoms. The average molecular weight is 199 g/mol. The second-order valence-corrected chi connectivity index (χ2v) is 2.95. The number of anilines is 1. The molecule has 0 saturated heterocycles. The number of amides is 1. The minimum absolute atomic E-state index is 0.192. The zero-order valence-corrected chi connectivity index (χ0v) is 7.93. The molecule has 5 nitrogen and oxygen atoms in total. The molecule has 0 aliphatic rings. The highest BCUT2D eigenvalue weighted by atomic mass is 32.1. The fraction of sp³-hybridized carbons (Fsp3) is 0.286. The second-order valence-electron chi connectivity index (χ2n) is 2.20. The number of rotatable bonds is 3.